The lowest BCUT2D eigenvalue weighted by Crippen LogP contribution is -2.39. The Hall–Kier alpha value is -2.41. The SMILES string of the molecule is CCc1ccc(C(=O)NC(=NCCN2CCOCC2)Nc2ccc(Cl)cc2C)cc1. The first-order chi connectivity index (χ1) is 14.5. The number of hydrogen-bond acceptors (Lipinski definition) is 4. The monoisotopic (exact) mass is 428 g/mol. The van der Waals surface area contributed by atoms with Crippen molar-refractivity contribution in [2.45, 2.75) is 20.3 Å². The second-order valence-corrected chi connectivity index (χ2v) is 7.71. The van der Waals surface area contributed by atoms with Crippen LogP contribution in [-0.2, 0) is 11.2 Å². The quantitative estimate of drug-likeness (QED) is 0.543. The Labute approximate surface area is 183 Å². The Balaban J connectivity index is 1.71. The number of aryl methyl sites for hydroxylation is 2. The van der Waals surface area contributed by atoms with E-state index in [0.29, 0.717) is 23.1 Å². The number of morpholine rings is 1. The number of ether oxygens (including phenoxy) is 1. The minimum atomic E-state index is -0.193. The van der Waals surface area contributed by atoms with Crippen molar-refractivity contribution in [2.75, 3.05) is 44.7 Å². The zero-order valence-corrected chi connectivity index (χ0v) is 18.3. The summed E-state index contributed by atoms with van der Waals surface area (Å²) in [5.41, 5.74) is 3.62. The molecule has 1 aliphatic heterocycles. The number of aliphatic imine (C=N–C) groups is 1. The number of nitrogens with one attached hydrogen (secondary N) is 2. The number of rotatable bonds is 6. The summed E-state index contributed by atoms with van der Waals surface area (Å²) in [6.07, 6.45) is 0.938. The van der Waals surface area contributed by atoms with Crippen molar-refractivity contribution in [1.29, 1.82) is 0 Å². The van der Waals surface area contributed by atoms with Gasteiger partial charge in [0.1, 0.15) is 0 Å². The normalized spacial score (nSPS) is 15.1. The van der Waals surface area contributed by atoms with Crippen molar-refractivity contribution in [2.24, 2.45) is 4.99 Å². The van der Waals surface area contributed by atoms with Gasteiger partial charge >= 0.3 is 0 Å². The molecule has 2 aromatic rings. The molecule has 1 heterocycles. The van der Waals surface area contributed by atoms with Crippen LogP contribution >= 0.6 is 11.6 Å². The van der Waals surface area contributed by atoms with Gasteiger partial charge in [0.05, 0.1) is 19.8 Å². The first-order valence-electron chi connectivity index (χ1n) is 10.3. The molecule has 0 atom stereocenters. The van der Waals surface area contributed by atoms with Crippen LogP contribution in [0.3, 0.4) is 0 Å². The lowest BCUT2D eigenvalue weighted by Gasteiger charge is -2.25. The topological polar surface area (TPSA) is 66.0 Å². The van der Waals surface area contributed by atoms with E-state index in [2.05, 4.69) is 27.4 Å². The van der Waals surface area contributed by atoms with Gasteiger partial charge in [0.15, 0.2) is 0 Å². The van der Waals surface area contributed by atoms with E-state index in [1.54, 1.807) is 0 Å². The number of halogens is 1. The molecule has 0 bridgehead atoms. The van der Waals surface area contributed by atoms with Crippen LogP contribution in [0.2, 0.25) is 5.02 Å². The van der Waals surface area contributed by atoms with Gasteiger partial charge in [-0.15, -0.1) is 0 Å². The van der Waals surface area contributed by atoms with Crippen molar-refractivity contribution in [3.63, 3.8) is 0 Å². The van der Waals surface area contributed by atoms with Crippen molar-refractivity contribution in [1.82, 2.24) is 10.2 Å². The number of benzene rings is 2. The number of carbonyl (C=O) groups excluding carboxylic acids is 1. The highest BCUT2D eigenvalue weighted by Crippen LogP contribution is 2.19. The summed E-state index contributed by atoms with van der Waals surface area (Å²) in [7, 11) is 0. The Morgan fingerprint density at radius 2 is 1.90 bits per heavy atom. The standard InChI is InChI=1S/C23H29ClN4O2/c1-3-18-4-6-19(7-5-18)22(29)27-23(25-10-11-28-12-14-30-15-13-28)26-21-9-8-20(24)16-17(21)2/h4-9,16H,3,10-15H2,1-2H3,(H2,25,26,27,29). The molecule has 0 aliphatic carbocycles. The Kier molecular flexibility index (Phi) is 8.25. The summed E-state index contributed by atoms with van der Waals surface area (Å²) in [6.45, 7) is 8.76. The zero-order valence-electron chi connectivity index (χ0n) is 17.6. The van der Waals surface area contributed by atoms with Crippen LogP contribution in [-0.4, -0.2) is 56.2 Å². The summed E-state index contributed by atoms with van der Waals surface area (Å²) >= 11 is 6.07. The molecular formula is C23H29ClN4O2. The first-order valence-corrected chi connectivity index (χ1v) is 10.7. The van der Waals surface area contributed by atoms with Gasteiger partial charge in [0, 0.05) is 35.9 Å². The second kappa shape index (κ2) is 11.1. The highest BCUT2D eigenvalue weighted by Gasteiger charge is 2.12. The molecule has 7 heteroatoms. The number of amides is 1. The molecule has 1 amide bonds. The van der Waals surface area contributed by atoms with Crippen LogP contribution in [0.15, 0.2) is 47.5 Å². The molecule has 30 heavy (non-hydrogen) atoms. The highest BCUT2D eigenvalue weighted by atomic mass is 35.5. The molecule has 2 N–H and O–H groups in total. The average molecular weight is 429 g/mol. The fourth-order valence-electron chi connectivity index (χ4n) is 3.20. The number of hydrogen-bond donors (Lipinski definition) is 2. The van der Waals surface area contributed by atoms with Crippen LogP contribution in [0.4, 0.5) is 5.69 Å². The smallest absolute Gasteiger partial charge is 0.257 e. The molecule has 1 fully saturated rings. The number of carbonyl (C=O) groups is 1. The molecule has 0 saturated carbocycles. The lowest BCUT2D eigenvalue weighted by atomic mass is 10.1. The van der Waals surface area contributed by atoms with Crippen molar-refractivity contribution in [3.05, 3.63) is 64.2 Å². The summed E-state index contributed by atoms with van der Waals surface area (Å²) in [5, 5.41) is 6.84. The molecular weight excluding hydrogens is 400 g/mol. The average Bonchev–Trinajstić information content (AvgIpc) is 2.76. The predicted octanol–water partition coefficient (Wildman–Crippen LogP) is 3.74. The number of guanidine groups is 1. The van der Waals surface area contributed by atoms with Crippen LogP contribution in [0.25, 0.3) is 0 Å². The maximum atomic E-state index is 12.8. The van der Waals surface area contributed by atoms with Gasteiger partial charge in [-0.2, -0.15) is 0 Å². The molecule has 1 saturated heterocycles. The maximum Gasteiger partial charge on any atom is 0.257 e. The van der Waals surface area contributed by atoms with Gasteiger partial charge in [0.25, 0.3) is 5.91 Å². The zero-order chi connectivity index (χ0) is 21.3. The Morgan fingerprint density at radius 1 is 1.17 bits per heavy atom. The van der Waals surface area contributed by atoms with Gasteiger partial charge < -0.3 is 10.1 Å². The van der Waals surface area contributed by atoms with E-state index in [9.17, 15) is 4.79 Å². The van der Waals surface area contributed by atoms with E-state index < -0.39 is 0 Å². The molecule has 2 aromatic carbocycles. The van der Waals surface area contributed by atoms with Crippen LogP contribution in [0.5, 0.6) is 0 Å². The maximum absolute atomic E-state index is 12.8. The van der Waals surface area contributed by atoms with E-state index in [1.165, 1.54) is 5.56 Å². The Morgan fingerprint density at radius 3 is 2.57 bits per heavy atom. The van der Waals surface area contributed by atoms with Gasteiger partial charge in [-0.1, -0.05) is 30.7 Å². The largest absolute Gasteiger partial charge is 0.379 e. The molecule has 0 spiro atoms. The third-order valence-corrected chi connectivity index (χ3v) is 5.32. The van der Waals surface area contributed by atoms with Crippen molar-refractivity contribution >= 4 is 29.2 Å². The van der Waals surface area contributed by atoms with Gasteiger partial charge in [-0.3, -0.25) is 20.0 Å². The van der Waals surface area contributed by atoms with E-state index in [4.69, 9.17) is 16.3 Å². The molecule has 0 aromatic heterocycles. The van der Waals surface area contributed by atoms with Gasteiger partial charge in [-0.05, 0) is 54.8 Å². The van der Waals surface area contributed by atoms with Crippen LogP contribution in [0, 0.1) is 6.92 Å². The van der Waals surface area contributed by atoms with Crippen LogP contribution < -0.4 is 10.6 Å². The van der Waals surface area contributed by atoms with E-state index in [-0.39, 0.29) is 5.91 Å². The third-order valence-electron chi connectivity index (χ3n) is 5.09. The molecule has 3 rings (SSSR count). The van der Waals surface area contributed by atoms with Crippen molar-refractivity contribution < 1.29 is 9.53 Å². The van der Waals surface area contributed by atoms with Crippen molar-refractivity contribution in [3.8, 4) is 0 Å². The molecule has 0 unspecified atom stereocenters. The fraction of sp³-hybridized carbons (Fsp3) is 0.391. The third kappa shape index (κ3) is 6.55. The van der Waals surface area contributed by atoms with E-state index in [0.717, 1.165) is 50.5 Å². The molecule has 1 aliphatic rings. The number of nitrogens with zero attached hydrogens (tertiary/aromatic N) is 2. The van der Waals surface area contributed by atoms with Crippen LogP contribution in [0.1, 0.15) is 28.4 Å². The summed E-state index contributed by atoms with van der Waals surface area (Å²) in [5.74, 6) is 0.236. The first kappa shape index (κ1) is 22.3. The Bertz CT molecular complexity index is 877. The molecule has 0 radical (unpaired) electrons. The second-order valence-electron chi connectivity index (χ2n) is 7.27. The molecule has 6 nitrogen and oxygen atoms in total. The van der Waals surface area contributed by atoms with Gasteiger partial charge in [0.2, 0.25) is 5.96 Å². The highest BCUT2D eigenvalue weighted by molar-refractivity contribution is 6.30. The molecule has 160 valence electrons. The summed E-state index contributed by atoms with van der Waals surface area (Å²) in [6, 6.07) is 13.2. The fourth-order valence-corrected chi connectivity index (χ4v) is 3.43. The minimum absolute atomic E-state index is 0.193. The summed E-state index contributed by atoms with van der Waals surface area (Å²) < 4.78 is 5.39. The summed E-state index contributed by atoms with van der Waals surface area (Å²) in [4.78, 5) is 19.7. The minimum Gasteiger partial charge on any atom is -0.379 e. The number of anilines is 1. The van der Waals surface area contributed by atoms with Gasteiger partial charge in [-0.25, -0.2) is 0 Å². The van der Waals surface area contributed by atoms with E-state index in [1.807, 2.05) is 49.4 Å². The lowest BCUT2D eigenvalue weighted by molar-refractivity contribution is 0.0394. The van der Waals surface area contributed by atoms with E-state index >= 15 is 0 Å². The predicted molar refractivity (Wildman–Crippen MR) is 123 cm³/mol.